The number of nitrogens with zero attached hydrogens (tertiary/aromatic N) is 1. The van der Waals surface area contributed by atoms with Crippen LogP contribution < -0.4 is 10.6 Å². The van der Waals surface area contributed by atoms with E-state index < -0.39 is 0 Å². The van der Waals surface area contributed by atoms with Crippen LogP contribution in [0.15, 0.2) is 42.5 Å². The van der Waals surface area contributed by atoms with Crippen molar-refractivity contribution in [1.29, 1.82) is 0 Å². The zero-order chi connectivity index (χ0) is 13.1. The van der Waals surface area contributed by atoms with E-state index in [1.807, 2.05) is 26.2 Å². The topological polar surface area (TPSA) is 29.3 Å². The van der Waals surface area contributed by atoms with Crippen LogP contribution in [0.4, 0.5) is 5.69 Å². The summed E-state index contributed by atoms with van der Waals surface area (Å²) in [6.45, 7) is 0.471. The van der Waals surface area contributed by atoms with Gasteiger partial charge in [0.2, 0.25) is 0 Å². The van der Waals surface area contributed by atoms with Crippen LogP contribution >= 0.6 is 11.6 Å². The van der Waals surface area contributed by atoms with E-state index in [-0.39, 0.29) is 0 Å². The maximum absolute atomic E-state index is 6.17. The summed E-state index contributed by atoms with van der Waals surface area (Å²) < 4.78 is 0. The van der Waals surface area contributed by atoms with Gasteiger partial charge in [-0.05, 0) is 34.9 Å². The Labute approximate surface area is 113 Å². The van der Waals surface area contributed by atoms with Crippen molar-refractivity contribution in [3.05, 3.63) is 53.1 Å². The molecule has 18 heavy (non-hydrogen) atoms. The molecule has 0 atom stereocenters. The second-order valence-electron chi connectivity index (χ2n) is 4.45. The van der Waals surface area contributed by atoms with Crippen molar-refractivity contribution in [2.24, 2.45) is 5.73 Å². The molecule has 2 rings (SSSR count). The first-order valence-electron chi connectivity index (χ1n) is 5.88. The highest BCUT2D eigenvalue weighted by Crippen LogP contribution is 2.26. The summed E-state index contributed by atoms with van der Waals surface area (Å²) >= 11 is 6.17. The van der Waals surface area contributed by atoms with Crippen LogP contribution in [0.25, 0.3) is 11.1 Å². The van der Waals surface area contributed by atoms with E-state index in [9.17, 15) is 0 Å². The van der Waals surface area contributed by atoms with Crippen LogP contribution in [0.5, 0.6) is 0 Å². The Bertz CT molecular complexity index is 533. The van der Waals surface area contributed by atoms with Gasteiger partial charge in [0.15, 0.2) is 0 Å². The lowest BCUT2D eigenvalue weighted by atomic mass is 10.0. The monoisotopic (exact) mass is 260 g/mol. The molecule has 0 aliphatic heterocycles. The summed E-state index contributed by atoms with van der Waals surface area (Å²) in [5.41, 5.74) is 10.0. The maximum atomic E-state index is 6.17. The summed E-state index contributed by atoms with van der Waals surface area (Å²) in [5, 5.41) is 0.728. The predicted molar refractivity (Wildman–Crippen MR) is 79.1 cm³/mol. The Morgan fingerprint density at radius 1 is 1.00 bits per heavy atom. The van der Waals surface area contributed by atoms with Crippen LogP contribution in [0, 0.1) is 0 Å². The quantitative estimate of drug-likeness (QED) is 0.915. The van der Waals surface area contributed by atoms with Gasteiger partial charge in [0.05, 0.1) is 0 Å². The summed E-state index contributed by atoms with van der Waals surface area (Å²) in [6.07, 6.45) is 0. The normalized spacial score (nSPS) is 10.4. The van der Waals surface area contributed by atoms with E-state index in [0.717, 1.165) is 21.7 Å². The highest BCUT2D eigenvalue weighted by Gasteiger charge is 2.03. The Balaban J connectivity index is 2.34. The van der Waals surface area contributed by atoms with E-state index in [2.05, 4.69) is 35.2 Å². The van der Waals surface area contributed by atoms with Gasteiger partial charge >= 0.3 is 0 Å². The molecule has 2 aromatic rings. The molecular weight excluding hydrogens is 244 g/mol. The maximum Gasteiger partial charge on any atom is 0.0457 e. The highest BCUT2D eigenvalue weighted by molar-refractivity contribution is 6.31. The second-order valence-corrected chi connectivity index (χ2v) is 4.86. The lowest BCUT2D eigenvalue weighted by molar-refractivity contribution is 1.07. The van der Waals surface area contributed by atoms with Crippen molar-refractivity contribution in [2.75, 3.05) is 19.0 Å². The van der Waals surface area contributed by atoms with E-state index in [0.29, 0.717) is 6.54 Å². The fourth-order valence-corrected chi connectivity index (χ4v) is 2.10. The van der Waals surface area contributed by atoms with Crippen molar-refractivity contribution >= 4 is 17.3 Å². The molecule has 0 aromatic heterocycles. The van der Waals surface area contributed by atoms with E-state index in [4.69, 9.17) is 17.3 Å². The summed E-state index contributed by atoms with van der Waals surface area (Å²) in [7, 11) is 4.06. The second kappa shape index (κ2) is 5.42. The molecule has 0 spiro atoms. The standard InChI is InChI=1S/C15H17ClN2/c1-18(2)14-7-5-11(6-8-14)12-3-4-13(10-17)15(16)9-12/h3-9H,10,17H2,1-2H3. The van der Waals surface area contributed by atoms with Gasteiger partial charge < -0.3 is 10.6 Å². The molecule has 0 saturated carbocycles. The average Bonchev–Trinajstić information content (AvgIpc) is 2.38. The predicted octanol–water partition coefficient (Wildman–Crippen LogP) is 3.53. The van der Waals surface area contributed by atoms with Crippen LogP contribution in [-0.2, 0) is 6.54 Å². The Morgan fingerprint density at radius 3 is 2.11 bits per heavy atom. The number of hydrogen-bond donors (Lipinski definition) is 1. The molecule has 0 bridgehead atoms. The number of rotatable bonds is 3. The van der Waals surface area contributed by atoms with Crippen LogP contribution in [0.2, 0.25) is 5.02 Å². The zero-order valence-corrected chi connectivity index (χ0v) is 11.4. The largest absolute Gasteiger partial charge is 0.378 e. The third kappa shape index (κ3) is 2.66. The van der Waals surface area contributed by atoms with Crippen molar-refractivity contribution in [2.45, 2.75) is 6.54 Å². The van der Waals surface area contributed by atoms with Crippen molar-refractivity contribution in [1.82, 2.24) is 0 Å². The van der Waals surface area contributed by atoms with E-state index in [1.165, 1.54) is 5.69 Å². The van der Waals surface area contributed by atoms with E-state index >= 15 is 0 Å². The van der Waals surface area contributed by atoms with Crippen LogP contribution in [0.3, 0.4) is 0 Å². The molecular formula is C15H17ClN2. The number of halogens is 1. The van der Waals surface area contributed by atoms with Crippen molar-refractivity contribution in [3.63, 3.8) is 0 Å². The van der Waals surface area contributed by atoms with Crippen molar-refractivity contribution < 1.29 is 0 Å². The molecule has 0 radical (unpaired) electrons. The Morgan fingerprint density at radius 2 is 1.61 bits per heavy atom. The first-order chi connectivity index (χ1) is 8.61. The highest BCUT2D eigenvalue weighted by atomic mass is 35.5. The van der Waals surface area contributed by atoms with Gasteiger partial charge in [-0.15, -0.1) is 0 Å². The molecule has 0 heterocycles. The number of hydrogen-bond acceptors (Lipinski definition) is 2. The van der Waals surface area contributed by atoms with Gasteiger partial charge in [0.25, 0.3) is 0 Å². The van der Waals surface area contributed by atoms with Gasteiger partial charge in [0, 0.05) is 31.4 Å². The molecule has 94 valence electrons. The molecule has 0 unspecified atom stereocenters. The molecule has 3 heteroatoms. The molecule has 0 saturated heterocycles. The SMILES string of the molecule is CN(C)c1ccc(-c2ccc(CN)c(Cl)c2)cc1. The first kappa shape index (κ1) is 12.9. The van der Waals surface area contributed by atoms with Gasteiger partial charge in [-0.3, -0.25) is 0 Å². The molecule has 0 amide bonds. The summed E-state index contributed by atoms with van der Waals surface area (Å²) in [6, 6.07) is 14.4. The van der Waals surface area contributed by atoms with Crippen LogP contribution in [-0.4, -0.2) is 14.1 Å². The van der Waals surface area contributed by atoms with Crippen LogP contribution in [0.1, 0.15) is 5.56 Å². The molecule has 2 N–H and O–H groups in total. The van der Waals surface area contributed by atoms with Gasteiger partial charge in [0.1, 0.15) is 0 Å². The third-order valence-electron chi connectivity index (χ3n) is 2.99. The van der Waals surface area contributed by atoms with E-state index in [1.54, 1.807) is 0 Å². The van der Waals surface area contributed by atoms with Gasteiger partial charge in [-0.1, -0.05) is 35.9 Å². The molecule has 0 aliphatic rings. The molecule has 0 aliphatic carbocycles. The minimum Gasteiger partial charge on any atom is -0.378 e. The van der Waals surface area contributed by atoms with Gasteiger partial charge in [-0.2, -0.15) is 0 Å². The minimum atomic E-state index is 0.471. The van der Waals surface area contributed by atoms with Crippen molar-refractivity contribution in [3.8, 4) is 11.1 Å². The first-order valence-corrected chi connectivity index (χ1v) is 6.26. The molecule has 0 fully saturated rings. The zero-order valence-electron chi connectivity index (χ0n) is 10.7. The molecule has 2 aromatic carbocycles. The van der Waals surface area contributed by atoms with Gasteiger partial charge in [-0.25, -0.2) is 0 Å². The fraction of sp³-hybridized carbons (Fsp3) is 0.200. The molecule has 2 nitrogen and oxygen atoms in total. The lowest BCUT2D eigenvalue weighted by Gasteiger charge is -2.13. The third-order valence-corrected chi connectivity index (χ3v) is 3.34. The lowest BCUT2D eigenvalue weighted by Crippen LogP contribution is -2.07. The number of nitrogens with two attached hydrogens (primary N) is 1. The average molecular weight is 261 g/mol. The smallest absolute Gasteiger partial charge is 0.0457 e. The Kier molecular flexibility index (Phi) is 3.90. The minimum absolute atomic E-state index is 0.471. The number of benzene rings is 2. The fourth-order valence-electron chi connectivity index (χ4n) is 1.84. The number of anilines is 1. The summed E-state index contributed by atoms with van der Waals surface area (Å²) in [5.74, 6) is 0. The Hall–Kier alpha value is -1.51. The summed E-state index contributed by atoms with van der Waals surface area (Å²) in [4.78, 5) is 2.08.